The Labute approximate surface area is 134 Å². The Morgan fingerprint density at radius 2 is 1.83 bits per heavy atom. The van der Waals surface area contributed by atoms with E-state index in [1.165, 1.54) is 43.5 Å². The second-order valence-corrected chi connectivity index (χ2v) is 6.71. The molecule has 0 amide bonds. The molecule has 122 valence electrons. The number of anilines is 1. The number of ether oxygens (including phenoxy) is 1. The molecule has 0 heterocycles. The van der Waals surface area contributed by atoms with Gasteiger partial charge in [-0.2, -0.15) is 0 Å². The normalized spacial score (nSPS) is 11.1. The van der Waals surface area contributed by atoms with Crippen LogP contribution < -0.4 is 4.72 Å². The van der Waals surface area contributed by atoms with Gasteiger partial charge in [-0.3, -0.25) is 4.72 Å². The molecule has 0 fully saturated rings. The molecule has 0 saturated heterocycles. The number of hydrogen-bond acceptors (Lipinski definition) is 4. The molecule has 0 aliphatic carbocycles. The largest absolute Gasteiger partial charge is 0.465 e. The lowest BCUT2D eigenvalue weighted by molar-refractivity contribution is 0.0600. The van der Waals surface area contributed by atoms with Crippen molar-refractivity contribution in [1.82, 2.24) is 0 Å². The van der Waals surface area contributed by atoms with Crippen molar-refractivity contribution in [2.75, 3.05) is 11.8 Å². The smallest absolute Gasteiger partial charge is 0.337 e. The summed E-state index contributed by atoms with van der Waals surface area (Å²) >= 11 is 0. The summed E-state index contributed by atoms with van der Waals surface area (Å²) in [5.74, 6) is -1.33. The molecule has 0 saturated carbocycles. The van der Waals surface area contributed by atoms with Gasteiger partial charge in [0.1, 0.15) is 5.82 Å². The van der Waals surface area contributed by atoms with Crippen LogP contribution in [0.15, 0.2) is 41.3 Å². The van der Waals surface area contributed by atoms with Gasteiger partial charge < -0.3 is 4.74 Å². The van der Waals surface area contributed by atoms with Crippen LogP contribution in [0.25, 0.3) is 0 Å². The molecule has 0 radical (unpaired) electrons. The van der Waals surface area contributed by atoms with Crippen LogP contribution in [0.3, 0.4) is 0 Å². The number of hydrogen-bond donors (Lipinski definition) is 1. The lowest BCUT2D eigenvalue weighted by Gasteiger charge is -2.12. The summed E-state index contributed by atoms with van der Waals surface area (Å²) in [4.78, 5) is 11.5. The molecule has 0 unspecified atom stereocenters. The summed E-state index contributed by atoms with van der Waals surface area (Å²) < 4.78 is 45.6. The average Bonchev–Trinajstić information content (AvgIpc) is 2.50. The van der Waals surface area contributed by atoms with Gasteiger partial charge in [0.15, 0.2) is 0 Å². The first-order valence-electron chi connectivity index (χ1n) is 6.72. The molecule has 23 heavy (non-hydrogen) atoms. The Kier molecular flexibility index (Phi) is 4.70. The molecule has 0 bridgehead atoms. The summed E-state index contributed by atoms with van der Waals surface area (Å²) in [5, 5.41) is 0. The van der Waals surface area contributed by atoms with Crippen molar-refractivity contribution in [3.05, 3.63) is 58.9 Å². The van der Waals surface area contributed by atoms with E-state index in [0.29, 0.717) is 11.1 Å². The highest BCUT2D eigenvalue weighted by Gasteiger charge is 2.21. The minimum absolute atomic E-state index is 0.100. The maximum Gasteiger partial charge on any atom is 0.337 e. The molecule has 2 aromatic carbocycles. The van der Waals surface area contributed by atoms with E-state index in [1.54, 1.807) is 13.8 Å². The first-order valence-corrected chi connectivity index (χ1v) is 8.21. The van der Waals surface area contributed by atoms with E-state index in [1.807, 2.05) is 0 Å². The number of rotatable bonds is 4. The van der Waals surface area contributed by atoms with E-state index in [-0.39, 0.29) is 16.1 Å². The fraction of sp³-hybridized carbons (Fsp3) is 0.188. The topological polar surface area (TPSA) is 72.5 Å². The number of carbonyl (C=O) groups is 1. The lowest BCUT2D eigenvalue weighted by atomic mass is 10.1. The van der Waals surface area contributed by atoms with E-state index >= 15 is 0 Å². The minimum atomic E-state index is -4.05. The highest BCUT2D eigenvalue weighted by Crippen LogP contribution is 2.23. The molecule has 1 N–H and O–H groups in total. The standard InChI is InChI=1S/C16H16FNO4S/c1-10-4-7-13(17)14(8-10)18-23(20,21)15-9-12(16(19)22-3)6-5-11(15)2/h4-9,18H,1-3H3. The number of halogens is 1. The molecule has 0 aliphatic rings. The molecule has 2 rings (SSSR count). The van der Waals surface area contributed by atoms with Crippen LogP contribution in [0.1, 0.15) is 21.5 Å². The molecule has 7 heteroatoms. The van der Waals surface area contributed by atoms with E-state index in [9.17, 15) is 17.6 Å². The molecule has 0 atom stereocenters. The van der Waals surface area contributed by atoms with Gasteiger partial charge in [-0.25, -0.2) is 17.6 Å². The van der Waals surface area contributed by atoms with Crippen molar-refractivity contribution < 1.29 is 22.3 Å². The Hall–Kier alpha value is -2.41. The zero-order chi connectivity index (χ0) is 17.2. The first kappa shape index (κ1) is 17.0. The van der Waals surface area contributed by atoms with Crippen molar-refractivity contribution in [2.24, 2.45) is 0 Å². The average molecular weight is 337 g/mol. The lowest BCUT2D eigenvalue weighted by Crippen LogP contribution is -2.16. The second-order valence-electron chi connectivity index (χ2n) is 5.06. The third kappa shape index (κ3) is 3.68. The molecule has 5 nitrogen and oxygen atoms in total. The predicted octanol–water partition coefficient (Wildman–Crippen LogP) is 3.03. The van der Waals surface area contributed by atoms with Crippen LogP contribution in [0.4, 0.5) is 10.1 Å². The third-order valence-electron chi connectivity index (χ3n) is 3.26. The second kappa shape index (κ2) is 6.37. The molecule has 2 aromatic rings. The third-order valence-corrected chi connectivity index (χ3v) is 4.77. The van der Waals surface area contributed by atoms with Crippen LogP contribution in [-0.2, 0) is 14.8 Å². The van der Waals surface area contributed by atoms with Crippen LogP contribution >= 0.6 is 0 Å². The zero-order valence-corrected chi connectivity index (χ0v) is 13.7. The summed E-state index contributed by atoms with van der Waals surface area (Å²) in [6, 6.07) is 8.28. The number of sulfonamides is 1. The maximum absolute atomic E-state index is 13.8. The molecular weight excluding hydrogens is 321 g/mol. The van der Waals surface area contributed by atoms with Gasteiger partial charge in [-0.1, -0.05) is 12.1 Å². The molecule has 0 spiro atoms. The predicted molar refractivity (Wildman–Crippen MR) is 84.5 cm³/mol. The highest BCUT2D eigenvalue weighted by atomic mass is 32.2. The zero-order valence-electron chi connectivity index (χ0n) is 12.9. The fourth-order valence-corrected chi connectivity index (χ4v) is 3.38. The first-order chi connectivity index (χ1) is 10.7. The molecule has 0 aliphatic heterocycles. The number of esters is 1. The van der Waals surface area contributed by atoms with Gasteiger partial charge in [-0.15, -0.1) is 0 Å². The minimum Gasteiger partial charge on any atom is -0.465 e. The van der Waals surface area contributed by atoms with Gasteiger partial charge in [0.05, 0.1) is 23.3 Å². The Morgan fingerprint density at radius 1 is 1.13 bits per heavy atom. The van der Waals surface area contributed by atoms with Gasteiger partial charge in [0.25, 0.3) is 10.0 Å². The quantitative estimate of drug-likeness (QED) is 0.871. The van der Waals surface area contributed by atoms with Crippen LogP contribution in [0.5, 0.6) is 0 Å². The van der Waals surface area contributed by atoms with Crippen molar-refractivity contribution >= 4 is 21.7 Å². The van der Waals surface area contributed by atoms with Crippen molar-refractivity contribution in [3.63, 3.8) is 0 Å². The number of benzene rings is 2. The van der Waals surface area contributed by atoms with Crippen LogP contribution in [0, 0.1) is 19.7 Å². The Morgan fingerprint density at radius 3 is 2.48 bits per heavy atom. The van der Waals surface area contributed by atoms with E-state index in [4.69, 9.17) is 0 Å². The summed E-state index contributed by atoms with van der Waals surface area (Å²) in [7, 11) is -2.84. The molecule has 0 aromatic heterocycles. The van der Waals surface area contributed by atoms with Crippen LogP contribution in [0.2, 0.25) is 0 Å². The summed E-state index contributed by atoms with van der Waals surface area (Å²) in [6.45, 7) is 3.31. The monoisotopic (exact) mass is 337 g/mol. The number of nitrogens with one attached hydrogen (secondary N) is 1. The van der Waals surface area contributed by atoms with Gasteiger partial charge >= 0.3 is 5.97 Å². The van der Waals surface area contributed by atoms with Gasteiger partial charge in [-0.05, 0) is 49.2 Å². The molecular formula is C16H16FNO4S. The SMILES string of the molecule is COC(=O)c1ccc(C)c(S(=O)(=O)Nc2cc(C)ccc2F)c1. The van der Waals surface area contributed by atoms with Crippen LogP contribution in [-0.4, -0.2) is 21.5 Å². The highest BCUT2D eigenvalue weighted by molar-refractivity contribution is 7.92. The maximum atomic E-state index is 13.8. The van der Waals surface area contributed by atoms with Crippen molar-refractivity contribution in [3.8, 4) is 0 Å². The summed E-state index contributed by atoms with van der Waals surface area (Å²) in [6.07, 6.45) is 0. The summed E-state index contributed by atoms with van der Waals surface area (Å²) in [5.41, 5.74) is 1.10. The Bertz CT molecular complexity index is 862. The van der Waals surface area contributed by atoms with E-state index in [0.717, 1.165) is 0 Å². The number of aryl methyl sites for hydroxylation is 2. The Balaban J connectivity index is 2.47. The fourth-order valence-electron chi connectivity index (χ4n) is 2.05. The van der Waals surface area contributed by atoms with Gasteiger partial charge in [0.2, 0.25) is 0 Å². The van der Waals surface area contributed by atoms with E-state index < -0.39 is 21.8 Å². The van der Waals surface area contributed by atoms with Gasteiger partial charge in [0, 0.05) is 0 Å². The van der Waals surface area contributed by atoms with Crippen molar-refractivity contribution in [2.45, 2.75) is 18.7 Å². The van der Waals surface area contributed by atoms with E-state index in [2.05, 4.69) is 9.46 Å². The van der Waals surface area contributed by atoms with Crippen molar-refractivity contribution in [1.29, 1.82) is 0 Å². The number of carbonyl (C=O) groups excluding carboxylic acids is 1. The number of methoxy groups -OCH3 is 1.